The van der Waals surface area contributed by atoms with Gasteiger partial charge in [-0.25, -0.2) is 0 Å². The highest BCUT2D eigenvalue weighted by atomic mass is 16.5. The van der Waals surface area contributed by atoms with E-state index < -0.39 is 5.41 Å². The van der Waals surface area contributed by atoms with Crippen molar-refractivity contribution in [1.29, 1.82) is 0 Å². The molecule has 0 aliphatic carbocycles. The highest BCUT2D eigenvalue weighted by molar-refractivity contribution is 5.75. The minimum atomic E-state index is -0.410. The molecule has 2 rings (SSSR count). The molecule has 3 nitrogen and oxygen atoms in total. The number of furan rings is 1. The minimum Gasteiger partial charge on any atom is -0.466 e. The second-order valence-corrected chi connectivity index (χ2v) is 6.61. The minimum absolute atomic E-state index is 0.184. The fourth-order valence-electron chi connectivity index (χ4n) is 1.89. The molecular weight excluding hydrogens is 300 g/mol. The first-order valence-corrected chi connectivity index (χ1v) is 8.65. The lowest BCUT2D eigenvalue weighted by molar-refractivity contribution is -0.156. The van der Waals surface area contributed by atoms with Gasteiger partial charge in [-0.05, 0) is 50.3 Å². The molecule has 0 saturated carbocycles. The maximum absolute atomic E-state index is 11.5. The van der Waals surface area contributed by atoms with Crippen LogP contribution < -0.4 is 0 Å². The first-order valence-electron chi connectivity index (χ1n) is 8.65. The molecule has 24 heavy (non-hydrogen) atoms. The van der Waals surface area contributed by atoms with Crippen LogP contribution in [0.25, 0.3) is 0 Å². The van der Waals surface area contributed by atoms with E-state index in [1.165, 1.54) is 12.0 Å². The average molecular weight is 330 g/mol. The lowest BCUT2D eigenvalue weighted by atomic mass is 9.91. The Bertz CT molecular complexity index is 570. The Hall–Kier alpha value is -2.03. The van der Waals surface area contributed by atoms with Crippen LogP contribution in [0.2, 0.25) is 0 Å². The van der Waals surface area contributed by atoms with Crippen molar-refractivity contribution in [2.24, 2.45) is 5.41 Å². The Morgan fingerprint density at radius 2 is 1.79 bits per heavy atom. The lowest BCUT2D eigenvalue weighted by Crippen LogP contribution is -2.25. The molecule has 0 bridgehead atoms. The van der Waals surface area contributed by atoms with Crippen LogP contribution in [0.4, 0.5) is 0 Å². The van der Waals surface area contributed by atoms with E-state index in [1.807, 2.05) is 20.8 Å². The van der Waals surface area contributed by atoms with Gasteiger partial charge in [-0.2, -0.15) is 0 Å². The van der Waals surface area contributed by atoms with Gasteiger partial charge in [0.2, 0.25) is 0 Å². The number of hydrogen-bond acceptors (Lipinski definition) is 3. The van der Waals surface area contributed by atoms with Crippen molar-refractivity contribution in [3.05, 3.63) is 60.1 Å². The quantitative estimate of drug-likeness (QED) is 0.613. The predicted molar refractivity (Wildman–Crippen MR) is 97.7 cm³/mol. The molecule has 3 heteroatoms. The van der Waals surface area contributed by atoms with Gasteiger partial charge in [0, 0.05) is 0 Å². The summed E-state index contributed by atoms with van der Waals surface area (Å²) in [5, 5.41) is 0. The Kier molecular flexibility index (Phi) is 8.31. The third-order valence-corrected chi connectivity index (χ3v) is 4.34. The van der Waals surface area contributed by atoms with Gasteiger partial charge in [0.15, 0.2) is 0 Å². The number of rotatable bonds is 6. The average Bonchev–Trinajstić information content (AvgIpc) is 3.13. The molecule has 132 valence electrons. The van der Waals surface area contributed by atoms with Crippen LogP contribution in [0.3, 0.4) is 0 Å². The maximum Gasteiger partial charge on any atom is 0.311 e. The molecule has 0 fully saturated rings. The van der Waals surface area contributed by atoms with Gasteiger partial charge in [-0.1, -0.05) is 51.1 Å². The first kappa shape index (κ1) is 20.0. The van der Waals surface area contributed by atoms with Gasteiger partial charge in [0.1, 0.15) is 12.4 Å². The Morgan fingerprint density at radius 1 is 1.12 bits per heavy atom. The molecule has 2 aromatic rings. The summed E-state index contributed by atoms with van der Waals surface area (Å²) in [5.41, 5.74) is 1.04. The van der Waals surface area contributed by atoms with Gasteiger partial charge < -0.3 is 9.15 Å². The monoisotopic (exact) mass is 330 g/mol. The third-order valence-electron chi connectivity index (χ3n) is 4.34. The summed E-state index contributed by atoms with van der Waals surface area (Å²) in [6.07, 6.45) is 3.56. The predicted octanol–water partition coefficient (Wildman–Crippen LogP) is 5.96. The topological polar surface area (TPSA) is 39.4 Å². The van der Waals surface area contributed by atoms with Gasteiger partial charge >= 0.3 is 5.97 Å². The maximum atomic E-state index is 11.5. The van der Waals surface area contributed by atoms with E-state index >= 15 is 0 Å². The largest absolute Gasteiger partial charge is 0.466 e. The summed E-state index contributed by atoms with van der Waals surface area (Å²) in [5.74, 6) is 1.20. The number of carbonyl (C=O) groups excluding carboxylic acids is 1. The van der Waals surface area contributed by atoms with E-state index in [0.29, 0.717) is 11.7 Å². The van der Waals surface area contributed by atoms with Crippen LogP contribution in [0, 0.1) is 5.41 Å². The third kappa shape index (κ3) is 6.61. The number of ether oxygens (including phenoxy) is 1. The molecule has 0 aliphatic rings. The van der Waals surface area contributed by atoms with E-state index in [1.54, 1.807) is 18.4 Å². The molecule has 0 aliphatic heterocycles. The Balaban J connectivity index is 0.000000254. The van der Waals surface area contributed by atoms with Crippen molar-refractivity contribution in [3.8, 4) is 0 Å². The number of benzene rings is 1. The summed E-state index contributed by atoms with van der Waals surface area (Å²) >= 11 is 0. The molecule has 1 atom stereocenters. The molecule has 1 aromatic heterocycles. The summed E-state index contributed by atoms with van der Waals surface area (Å²) in [6.45, 7) is 10.4. The van der Waals surface area contributed by atoms with Crippen LogP contribution >= 0.6 is 0 Å². The van der Waals surface area contributed by atoms with Gasteiger partial charge in [-0.15, -0.1) is 0 Å². The highest BCUT2D eigenvalue weighted by Crippen LogP contribution is 2.22. The first-order chi connectivity index (χ1) is 11.4. The van der Waals surface area contributed by atoms with Gasteiger partial charge in [0.25, 0.3) is 0 Å². The van der Waals surface area contributed by atoms with Gasteiger partial charge in [-0.3, -0.25) is 4.79 Å². The second-order valence-electron chi connectivity index (χ2n) is 6.61. The second kappa shape index (κ2) is 9.96. The lowest BCUT2D eigenvalue weighted by Gasteiger charge is -2.19. The summed E-state index contributed by atoms with van der Waals surface area (Å²) in [6, 6.07) is 14.2. The van der Waals surface area contributed by atoms with E-state index in [4.69, 9.17) is 9.15 Å². The molecule has 0 amide bonds. The fraction of sp³-hybridized carbons (Fsp3) is 0.476. The SMILES string of the molecule is CCC(C)(C)C(=O)OCc1ccco1.CCC(C)c1ccccc1. The summed E-state index contributed by atoms with van der Waals surface area (Å²) in [4.78, 5) is 11.5. The van der Waals surface area contributed by atoms with E-state index in [-0.39, 0.29) is 12.6 Å². The molecule has 1 heterocycles. The molecule has 1 aromatic carbocycles. The fourth-order valence-corrected chi connectivity index (χ4v) is 1.89. The molecule has 0 saturated heterocycles. The zero-order valence-electron chi connectivity index (χ0n) is 15.5. The number of hydrogen-bond donors (Lipinski definition) is 0. The molecule has 0 radical (unpaired) electrons. The van der Waals surface area contributed by atoms with Crippen molar-refractivity contribution in [2.45, 2.75) is 60.0 Å². The molecular formula is C21H30O3. The van der Waals surface area contributed by atoms with E-state index in [0.717, 1.165) is 6.42 Å². The summed E-state index contributed by atoms with van der Waals surface area (Å²) < 4.78 is 10.2. The van der Waals surface area contributed by atoms with E-state index in [2.05, 4.69) is 44.2 Å². The van der Waals surface area contributed by atoms with Crippen LogP contribution in [0.15, 0.2) is 53.1 Å². The zero-order chi connectivity index (χ0) is 18.0. The number of esters is 1. The normalized spacial score (nSPS) is 12.0. The summed E-state index contributed by atoms with van der Waals surface area (Å²) in [7, 11) is 0. The van der Waals surface area contributed by atoms with Crippen molar-refractivity contribution in [1.82, 2.24) is 0 Å². The Morgan fingerprint density at radius 3 is 2.29 bits per heavy atom. The van der Waals surface area contributed by atoms with Crippen molar-refractivity contribution in [2.75, 3.05) is 0 Å². The molecule has 0 N–H and O–H groups in total. The highest BCUT2D eigenvalue weighted by Gasteiger charge is 2.27. The van der Waals surface area contributed by atoms with Crippen molar-refractivity contribution < 1.29 is 13.9 Å². The Labute approximate surface area is 146 Å². The zero-order valence-corrected chi connectivity index (χ0v) is 15.5. The number of carbonyl (C=O) groups is 1. The van der Waals surface area contributed by atoms with Crippen molar-refractivity contribution >= 4 is 5.97 Å². The standard InChI is InChI=1S/C11H16O3.C10H14/c1-4-11(2,3)10(12)14-8-9-6-5-7-13-9;1-3-9(2)10-7-5-4-6-8-10/h5-7H,4,8H2,1-3H3;4-9H,3H2,1-2H3. The van der Waals surface area contributed by atoms with Crippen LogP contribution in [0.5, 0.6) is 0 Å². The van der Waals surface area contributed by atoms with Gasteiger partial charge in [0.05, 0.1) is 11.7 Å². The van der Waals surface area contributed by atoms with Crippen LogP contribution in [0.1, 0.15) is 64.7 Å². The van der Waals surface area contributed by atoms with Crippen LogP contribution in [-0.2, 0) is 16.1 Å². The van der Waals surface area contributed by atoms with E-state index in [9.17, 15) is 4.79 Å². The van der Waals surface area contributed by atoms with Crippen molar-refractivity contribution in [3.63, 3.8) is 0 Å². The van der Waals surface area contributed by atoms with Crippen LogP contribution in [-0.4, -0.2) is 5.97 Å². The smallest absolute Gasteiger partial charge is 0.311 e. The molecule has 0 spiro atoms. The molecule has 1 unspecified atom stereocenters.